The Morgan fingerprint density at radius 2 is 1.95 bits per heavy atom. The summed E-state index contributed by atoms with van der Waals surface area (Å²) in [7, 11) is 3.28. The van der Waals surface area contributed by atoms with Crippen LogP contribution in [0, 0.1) is 0 Å². The molecule has 2 rings (SSSR count). The molecule has 0 aliphatic carbocycles. The van der Waals surface area contributed by atoms with Crippen molar-refractivity contribution in [1.29, 1.82) is 0 Å². The number of alkyl halides is 1. The summed E-state index contributed by atoms with van der Waals surface area (Å²) in [5.74, 6) is 0.860. The molecule has 0 saturated carbocycles. The van der Waals surface area contributed by atoms with Crippen LogP contribution in [0.1, 0.15) is 5.56 Å². The fourth-order valence-electron chi connectivity index (χ4n) is 1.93. The van der Waals surface area contributed by atoms with Gasteiger partial charge in [0.1, 0.15) is 5.75 Å². The van der Waals surface area contributed by atoms with Gasteiger partial charge in [-0.2, -0.15) is 0 Å². The van der Waals surface area contributed by atoms with Crippen molar-refractivity contribution in [2.75, 3.05) is 19.7 Å². The molecule has 19 heavy (non-hydrogen) atoms. The molecule has 0 saturated heterocycles. The molecule has 0 fully saturated rings. The van der Waals surface area contributed by atoms with Crippen LogP contribution in [-0.4, -0.2) is 14.2 Å². The van der Waals surface area contributed by atoms with E-state index in [2.05, 4.69) is 33.5 Å². The number of anilines is 1. The summed E-state index contributed by atoms with van der Waals surface area (Å²) >= 11 is 3.48. The van der Waals surface area contributed by atoms with Crippen LogP contribution < -0.4 is 10.2 Å². The first-order chi connectivity index (χ1) is 9.28. The Labute approximate surface area is 121 Å². The summed E-state index contributed by atoms with van der Waals surface area (Å²) in [4.78, 5) is 4.93. The van der Waals surface area contributed by atoms with Crippen molar-refractivity contribution < 1.29 is 9.57 Å². The number of hydrogen-bond donors (Lipinski definition) is 1. The first kappa shape index (κ1) is 13.9. The standard InChI is InChI=1S/C15H16BrNO2/c1-18-15-7-6-11(10-16)8-14(15)12-4-3-5-13(9-12)17-19-2/h3-9,17H,10H2,1-2H3. The largest absolute Gasteiger partial charge is 0.496 e. The zero-order valence-corrected chi connectivity index (χ0v) is 12.5. The molecule has 0 bridgehead atoms. The van der Waals surface area contributed by atoms with Crippen LogP contribution in [0.15, 0.2) is 42.5 Å². The second-order valence-corrected chi connectivity index (χ2v) is 4.62. The number of methoxy groups -OCH3 is 1. The Balaban J connectivity index is 2.47. The Morgan fingerprint density at radius 1 is 1.11 bits per heavy atom. The second kappa shape index (κ2) is 6.59. The van der Waals surface area contributed by atoms with Crippen LogP contribution in [0.2, 0.25) is 0 Å². The SMILES string of the molecule is CONc1cccc(-c2cc(CBr)ccc2OC)c1. The molecule has 0 spiro atoms. The molecule has 4 heteroatoms. The summed E-state index contributed by atoms with van der Waals surface area (Å²) < 4.78 is 5.43. The van der Waals surface area contributed by atoms with E-state index in [1.165, 1.54) is 5.56 Å². The fourth-order valence-corrected chi connectivity index (χ4v) is 2.28. The zero-order chi connectivity index (χ0) is 13.7. The molecular weight excluding hydrogens is 306 g/mol. The van der Waals surface area contributed by atoms with Gasteiger partial charge < -0.3 is 4.74 Å². The summed E-state index contributed by atoms with van der Waals surface area (Å²) in [6, 6.07) is 14.2. The summed E-state index contributed by atoms with van der Waals surface area (Å²) in [5, 5.41) is 0.819. The number of halogens is 1. The maximum absolute atomic E-state index is 5.43. The van der Waals surface area contributed by atoms with E-state index < -0.39 is 0 Å². The minimum absolute atomic E-state index is 0.819. The highest BCUT2D eigenvalue weighted by Crippen LogP contribution is 2.32. The van der Waals surface area contributed by atoms with Crippen LogP contribution in [0.3, 0.4) is 0 Å². The molecule has 1 N–H and O–H groups in total. The van der Waals surface area contributed by atoms with Gasteiger partial charge >= 0.3 is 0 Å². The average Bonchev–Trinajstić information content (AvgIpc) is 2.47. The lowest BCUT2D eigenvalue weighted by molar-refractivity contribution is 0.271. The van der Waals surface area contributed by atoms with Gasteiger partial charge in [-0.15, -0.1) is 0 Å². The van der Waals surface area contributed by atoms with Gasteiger partial charge in [-0.1, -0.05) is 34.1 Å². The molecule has 3 nitrogen and oxygen atoms in total. The highest BCUT2D eigenvalue weighted by molar-refractivity contribution is 9.08. The molecular formula is C15H16BrNO2. The smallest absolute Gasteiger partial charge is 0.126 e. The van der Waals surface area contributed by atoms with Crippen molar-refractivity contribution in [3.8, 4) is 16.9 Å². The molecule has 0 aliphatic rings. The number of benzene rings is 2. The van der Waals surface area contributed by atoms with Gasteiger partial charge in [0.2, 0.25) is 0 Å². The van der Waals surface area contributed by atoms with Gasteiger partial charge in [0.25, 0.3) is 0 Å². The average molecular weight is 322 g/mol. The van der Waals surface area contributed by atoms with Gasteiger partial charge in [-0.25, -0.2) is 0 Å². The van der Waals surface area contributed by atoms with Crippen LogP contribution in [0.25, 0.3) is 11.1 Å². The van der Waals surface area contributed by atoms with E-state index in [1.807, 2.05) is 30.3 Å². The summed E-state index contributed by atoms with van der Waals surface area (Å²) in [6.45, 7) is 0. The third kappa shape index (κ3) is 3.28. The Kier molecular flexibility index (Phi) is 4.82. The third-order valence-electron chi connectivity index (χ3n) is 2.81. The van der Waals surface area contributed by atoms with E-state index in [4.69, 9.17) is 9.57 Å². The Hall–Kier alpha value is -1.52. The van der Waals surface area contributed by atoms with E-state index in [0.717, 1.165) is 27.9 Å². The maximum atomic E-state index is 5.43. The fraction of sp³-hybridized carbons (Fsp3) is 0.200. The van der Waals surface area contributed by atoms with Crippen LogP contribution in [0.4, 0.5) is 5.69 Å². The second-order valence-electron chi connectivity index (χ2n) is 4.06. The Morgan fingerprint density at radius 3 is 2.63 bits per heavy atom. The lowest BCUT2D eigenvalue weighted by Gasteiger charge is -2.11. The molecule has 0 amide bonds. The van der Waals surface area contributed by atoms with E-state index in [9.17, 15) is 0 Å². The Bertz CT molecular complexity index is 558. The highest BCUT2D eigenvalue weighted by atomic mass is 79.9. The minimum atomic E-state index is 0.819. The van der Waals surface area contributed by atoms with Crippen LogP contribution in [-0.2, 0) is 10.2 Å². The molecule has 0 heterocycles. The van der Waals surface area contributed by atoms with E-state index in [0.29, 0.717) is 0 Å². The van der Waals surface area contributed by atoms with Crippen LogP contribution >= 0.6 is 15.9 Å². The number of hydrogen-bond acceptors (Lipinski definition) is 3. The predicted molar refractivity (Wildman–Crippen MR) is 81.7 cm³/mol. The van der Waals surface area contributed by atoms with Crippen molar-refractivity contribution in [2.24, 2.45) is 0 Å². The van der Waals surface area contributed by atoms with Crippen molar-refractivity contribution in [3.63, 3.8) is 0 Å². The van der Waals surface area contributed by atoms with Gasteiger partial charge in [0.05, 0.1) is 19.9 Å². The normalized spacial score (nSPS) is 10.3. The molecule has 2 aromatic carbocycles. The molecule has 100 valence electrons. The maximum Gasteiger partial charge on any atom is 0.126 e. The molecule has 0 aromatic heterocycles. The molecule has 0 aliphatic heterocycles. The van der Waals surface area contributed by atoms with Crippen molar-refractivity contribution >= 4 is 21.6 Å². The highest BCUT2D eigenvalue weighted by Gasteiger charge is 2.07. The third-order valence-corrected chi connectivity index (χ3v) is 3.46. The summed E-state index contributed by atoms with van der Waals surface area (Å²) in [5.41, 5.74) is 7.11. The molecule has 2 aromatic rings. The first-order valence-electron chi connectivity index (χ1n) is 5.90. The number of rotatable bonds is 5. The first-order valence-corrected chi connectivity index (χ1v) is 7.03. The number of ether oxygens (including phenoxy) is 1. The summed E-state index contributed by atoms with van der Waals surface area (Å²) in [6.07, 6.45) is 0. The monoisotopic (exact) mass is 321 g/mol. The van der Waals surface area contributed by atoms with E-state index in [-0.39, 0.29) is 0 Å². The lowest BCUT2D eigenvalue weighted by Crippen LogP contribution is -1.96. The van der Waals surface area contributed by atoms with E-state index >= 15 is 0 Å². The zero-order valence-electron chi connectivity index (χ0n) is 10.9. The predicted octanol–water partition coefficient (Wildman–Crippen LogP) is 4.23. The molecule has 0 atom stereocenters. The topological polar surface area (TPSA) is 30.5 Å². The minimum Gasteiger partial charge on any atom is -0.496 e. The number of nitrogens with one attached hydrogen (secondary N) is 1. The lowest BCUT2D eigenvalue weighted by atomic mass is 10.0. The van der Waals surface area contributed by atoms with Gasteiger partial charge in [0, 0.05) is 10.9 Å². The van der Waals surface area contributed by atoms with Crippen molar-refractivity contribution in [3.05, 3.63) is 48.0 Å². The van der Waals surface area contributed by atoms with Crippen molar-refractivity contribution in [2.45, 2.75) is 5.33 Å². The van der Waals surface area contributed by atoms with Gasteiger partial charge in [-0.3, -0.25) is 10.3 Å². The van der Waals surface area contributed by atoms with Crippen molar-refractivity contribution in [1.82, 2.24) is 0 Å². The molecule has 0 unspecified atom stereocenters. The van der Waals surface area contributed by atoms with Crippen LogP contribution in [0.5, 0.6) is 5.75 Å². The van der Waals surface area contributed by atoms with Gasteiger partial charge in [0.15, 0.2) is 0 Å². The van der Waals surface area contributed by atoms with Gasteiger partial charge in [-0.05, 0) is 35.4 Å². The van der Waals surface area contributed by atoms with E-state index in [1.54, 1.807) is 14.2 Å². The quantitative estimate of drug-likeness (QED) is 0.660. The molecule has 0 radical (unpaired) electrons.